The van der Waals surface area contributed by atoms with Crippen LogP contribution in [0.4, 0.5) is 0 Å². The molecule has 1 aromatic heterocycles. The highest BCUT2D eigenvalue weighted by atomic mass is 14.6. The third kappa shape index (κ3) is 6.60. The Labute approximate surface area is 70.0 Å². The van der Waals surface area contributed by atoms with Gasteiger partial charge in [0.2, 0.25) is 0 Å². The molecule has 0 bridgehead atoms. The lowest BCUT2D eigenvalue weighted by molar-refractivity contribution is 1.20. The molecule has 0 radical (unpaired) electrons. The van der Waals surface area contributed by atoms with E-state index >= 15 is 0 Å². The predicted molar refractivity (Wildman–Crippen MR) is 50.2 cm³/mol. The molecular weight excluding hydrogens is 134 g/mol. The summed E-state index contributed by atoms with van der Waals surface area (Å²) in [6, 6.07) is 5.86. The van der Waals surface area contributed by atoms with E-state index in [0.29, 0.717) is 0 Å². The zero-order valence-electron chi connectivity index (χ0n) is 7.04. The van der Waals surface area contributed by atoms with E-state index in [4.69, 9.17) is 6.42 Å². The molecule has 0 aliphatic heterocycles. The van der Waals surface area contributed by atoms with E-state index < -0.39 is 0 Å². The maximum Gasteiger partial charge on any atom is 0.0372 e. The molecule has 1 heteroatoms. The van der Waals surface area contributed by atoms with Crippen molar-refractivity contribution in [3.8, 4) is 12.3 Å². The molecule has 0 fully saturated rings. The summed E-state index contributed by atoms with van der Waals surface area (Å²) in [5, 5.41) is 0. The maximum atomic E-state index is 4.78. The fourth-order valence-electron chi connectivity index (χ4n) is 0.448. The Bertz CT molecular complexity index is 213. The summed E-state index contributed by atoms with van der Waals surface area (Å²) in [5.74, 6) is 2.43. The Morgan fingerprint density at radius 3 is 2.45 bits per heavy atom. The lowest BCUT2D eigenvalue weighted by atomic mass is 10.4. The molecule has 1 nitrogen and oxygen atoms in total. The maximum absolute atomic E-state index is 4.78. The zero-order chi connectivity index (χ0) is 8.53. The van der Waals surface area contributed by atoms with Crippen LogP contribution in [0.3, 0.4) is 0 Å². The molecule has 0 atom stereocenters. The number of hydrogen-bond acceptors (Lipinski definition) is 1. The second-order valence-electron chi connectivity index (χ2n) is 2.03. The summed E-state index contributed by atoms with van der Waals surface area (Å²) >= 11 is 0. The normalized spacial score (nSPS) is 7.36. The molecule has 0 amide bonds. The monoisotopic (exact) mass is 149 g/mol. The highest BCUT2D eigenvalue weighted by Crippen LogP contribution is 1.85. The van der Waals surface area contributed by atoms with Crippen LogP contribution in [0.1, 0.15) is 20.5 Å². The number of pyridine rings is 1. The standard InChI is InChI=1S/C6H7N.C4H6.H2/c1-6-4-2-3-5-7-6;1-3-4-2;/h2-5H,1H3;1H,4H2,2H3;1H. The Kier molecular flexibility index (Phi) is 6.02. The van der Waals surface area contributed by atoms with E-state index in [-0.39, 0.29) is 1.43 Å². The minimum Gasteiger partial charge on any atom is -0.262 e. The molecule has 0 spiro atoms. The van der Waals surface area contributed by atoms with Gasteiger partial charge in [0.05, 0.1) is 0 Å². The topological polar surface area (TPSA) is 12.9 Å². The van der Waals surface area contributed by atoms with Crippen molar-refractivity contribution in [2.45, 2.75) is 20.3 Å². The van der Waals surface area contributed by atoms with Gasteiger partial charge >= 0.3 is 0 Å². The van der Waals surface area contributed by atoms with Gasteiger partial charge in [-0.25, -0.2) is 0 Å². The summed E-state index contributed by atoms with van der Waals surface area (Å²) < 4.78 is 0. The largest absolute Gasteiger partial charge is 0.262 e. The van der Waals surface area contributed by atoms with Crippen LogP contribution in [-0.2, 0) is 0 Å². The molecule has 0 N–H and O–H groups in total. The second kappa shape index (κ2) is 6.82. The lowest BCUT2D eigenvalue weighted by Gasteiger charge is -1.82. The average molecular weight is 149 g/mol. The molecule has 1 heterocycles. The second-order valence-corrected chi connectivity index (χ2v) is 2.03. The van der Waals surface area contributed by atoms with Gasteiger partial charge in [-0.2, -0.15) is 0 Å². The Hall–Kier alpha value is -1.29. The zero-order valence-corrected chi connectivity index (χ0v) is 7.04. The number of terminal acetylenes is 1. The highest BCUT2D eigenvalue weighted by molar-refractivity contribution is 4.99. The van der Waals surface area contributed by atoms with E-state index in [1.165, 1.54) is 0 Å². The first-order valence-corrected chi connectivity index (χ1v) is 3.62. The minimum absolute atomic E-state index is 0. The van der Waals surface area contributed by atoms with Crippen LogP contribution in [0, 0.1) is 19.3 Å². The van der Waals surface area contributed by atoms with E-state index in [1.807, 2.05) is 32.0 Å². The number of aromatic nitrogens is 1. The Morgan fingerprint density at radius 1 is 1.64 bits per heavy atom. The smallest absolute Gasteiger partial charge is 0.0372 e. The van der Waals surface area contributed by atoms with Gasteiger partial charge in [0, 0.05) is 19.7 Å². The van der Waals surface area contributed by atoms with Gasteiger partial charge in [-0.1, -0.05) is 13.0 Å². The van der Waals surface area contributed by atoms with Crippen LogP contribution >= 0.6 is 0 Å². The summed E-state index contributed by atoms with van der Waals surface area (Å²) in [5.41, 5.74) is 1.07. The van der Waals surface area contributed by atoms with Gasteiger partial charge in [-0.15, -0.1) is 12.3 Å². The number of hydrogen-bond donors (Lipinski definition) is 0. The fourth-order valence-corrected chi connectivity index (χ4v) is 0.448. The molecular formula is C10H15N. The van der Waals surface area contributed by atoms with Crippen molar-refractivity contribution >= 4 is 0 Å². The van der Waals surface area contributed by atoms with Gasteiger partial charge < -0.3 is 0 Å². The van der Waals surface area contributed by atoms with Crippen LogP contribution in [0.25, 0.3) is 0 Å². The third-order valence-electron chi connectivity index (χ3n) is 1.02. The quantitative estimate of drug-likeness (QED) is 0.517. The summed E-state index contributed by atoms with van der Waals surface area (Å²) in [7, 11) is 0. The van der Waals surface area contributed by atoms with Crippen LogP contribution in [0.2, 0.25) is 0 Å². The molecule has 60 valence electrons. The van der Waals surface area contributed by atoms with Crippen molar-refractivity contribution < 1.29 is 1.43 Å². The van der Waals surface area contributed by atoms with Crippen LogP contribution in [0.5, 0.6) is 0 Å². The van der Waals surface area contributed by atoms with Crippen molar-refractivity contribution in [3.63, 3.8) is 0 Å². The third-order valence-corrected chi connectivity index (χ3v) is 1.02. The van der Waals surface area contributed by atoms with Crippen molar-refractivity contribution in [1.29, 1.82) is 0 Å². The van der Waals surface area contributed by atoms with Crippen LogP contribution in [0.15, 0.2) is 24.4 Å². The average Bonchev–Trinajstić information content (AvgIpc) is 2.07. The van der Waals surface area contributed by atoms with Crippen LogP contribution < -0.4 is 0 Å². The molecule has 1 rings (SSSR count). The molecule has 0 aliphatic carbocycles. The lowest BCUT2D eigenvalue weighted by Crippen LogP contribution is -1.72. The number of nitrogens with zero attached hydrogens (tertiary/aromatic N) is 1. The fraction of sp³-hybridized carbons (Fsp3) is 0.300. The Morgan fingerprint density at radius 2 is 2.27 bits per heavy atom. The van der Waals surface area contributed by atoms with E-state index in [9.17, 15) is 0 Å². The number of rotatable bonds is 0. The van der Waals surface area contributed by atoms with Crippen LogP contribution in [-0.4, -0.2) is 4.98 Å². The SMILES string of the molecule is C#CCC.Cc1ccccn1.[HH]. The molecule has 0 aliphatic rings. The highest BCUT2D eigenvalue weighted by Gasteiger charge is 1.73. The minimum atomic E-state index is 0. The first kappa shape index (κ1) is 9.71. The Balaban J connectivity index is 0. The van der Waals surface area contributed by atoms with Crippen molar-refractivity contribution in [2.75, 3.05) is 0 Å². The van der Waals surface area contributed by atoms with Gasteiger partial charge in [0.15, 0.2) is 0 Å². The van der Waals surface area contributed by atoms with E-state index in [1.54, 1.807) is 6.20 Å². The molecule has 0 unspecified atom stereocenters. The molecule has 0 aromatic carbocycles. The number of aryl methyl sites for hydroxylation is 1. The molecule has 0 saturated heterocycles. The first-order valence-electron chi connectivity index (χ1n) is 3.62. The van der Waals surface area contributed by atoms with Crippen molar-refractivity contribution in [1.82, 2.24) is 4.98 Å². The van der Waals surface area contributed by atoms with Crippen molar-refractivity contribution in [2.24, 2.45) is 0 Å². The van der Waals surface area contributed by atoms with Gasteiger partial charge in [0.25, 0.3) is 0 Å². The van der Waals surface area contributed by atoms with Crippen molar-refractivity contribution in [3.05, 3.63) is 30.1 Å². The molecule has 0 saturated carbocycles. The van der Waals surface area contributed by atoms with E-state index in [0.717, 1.165) is 12.1 Å². The van der Waals surface area contributed by atoms with Gasteiger partial charge in [0.1, 0.15) is 0 Å². The first-order chi connectivity index (χ1) is 5.31. The molecule has 11 heavy (non-hydrogen) atoms. The van der Waals surface area contributed by atoms with E-state index in [2.05, 4.69) is 10.9 Å². The van der Waals surface area contributed by atoms with Gasteiger partial charge in [-0.05, 0) is 19.1 Å². The predicted octanol–water partition coefficient (Wildman–Crippen LogP) is 2.67. The van der Waals surface area contributed by atoms with Gasteiger partial charge in [-0.3, -0.25) is 4.98 Å². The molecule has 1 aromatic rings. The summed E-state index contributed by atoms with van der Waals surface area (Å²) in [4.78, 5) is 3.98. The summed E-state index contributed by atoms with van der Waals surface area (Å²) in [6.07, 6.45) is 7.41. The summed E-state index contributed by atoms with van der Waals surface area (Å²) in [6.45, 7) is 3.92.